The molecule has 0 aliphatic carbocycles. The fraction of sp³-hybridized carbons (Fsp3) is 0.200. The van der Waals surface area contributed by atoms with Crippen LogP contribution in [0.5, 0.6) is 0 Å². The second-order valence-electron chi connectivity index (χ2n) is 1.25. The van der Waals surface area contributed by atoms with Crippen LogP contribution >= 0.6 is 0 Å². The number of hydrogen-bond donors (Lipinski definition) is 0. The molecule has 0 amide bonds. The summed E-state index contributed by atoms with van der Waals surface area (Å²) in [4.78, 5) is 0. The zero-order chi connectivity index (χ0) is 20.4. The molecule has 136 valence electrons. The summed E-state index contributed by atoms with van der Waals surface area (Å²) in [5.41, 5.74) is 0. The zero-order valence-electron chi connectivity index (χ0n) is 10.4. The van der Waals surface area contributed by atoms with Crippen molar-refractivity contribution in [2.75, 3.05) is 0 Å². The molecule has 0 saturated heterocycles. The molecule has 0 saturated carbocycles. The fourth-order valence-electron chi connectivity index (χ4n) is 0.142. The van der Waals surface area contributed by atoms with Gasteiger partial charge in [-0.2, -0.15) is 26.3 Å². The minimum atomic E-state index is -5.07. The SMILES string of the molecule is FC(F)(F)C#CC(F)(F)F.[C-]#[O+].[C-]#[O+].[C-]#[O+].[C-]#[O+].[C-]#[O+].[C-]#[O+].[Co].[Co]. The van der Waals surface area contributed by atoms with Gasteiger partial charge in [-0.15, -0.1) is 0 Å². The predicted molar refractivity (Wildman–Crippen MR) is 43.5 cm³/mol. The zero-order valence-corrected chi connectivity index (χ0v) is 12.5. The number of alkyl halides is 6. The standard InChI is InChI=1S/C4F6.6CO.2Co/c5-3(6,7)1-2-4(8,9)10;6*1-2;;. The van der Waals surface area contributed by atoms with E-state index in [1.54, 1.807) is 0 Å². The van der Waals surface area contributed by atoms with Crippen molar-refractivity contribution in [2.24, 2.45) is 0 Å². The van der Waals surface area contributed by atoms with Crippen molar-refractivity contribution in [1.29, 1.82) is 0 Å². The van der Waals surface area contributed by atoms with E-state index in [0.29, 0.717) is 0 Å². The minimum Gasteiger partial charge on any atom is 0 e. The summed E-state index contributed by atoms with van der Waals surface area (Å²) in [6, 6.07) is 0. The first kappa shape index (κ1) is 57.0. The Kier molecular flexibility index (Phi) is 137. The van der Waals surface area contributed by atoms with E-state index in [-0.39, 0.29) is 45.4 Å². The summed E-state index contributed by atoms with van der Waals surface area (Å²) >= 11 is 0. The molecular formula is C10Co2F6O6. The Morgan fingerprint density at radius 2 is 0.500 bits per heavy atom. The van der Waals surface area contributed by atoms with E-state index in [2.05, 4.69) is 39.9 Å². The Morgan fingerprint density at radius 3 is 0.542 bits per heavy atom. The smallest absolute Gasteiger partial charge is 0 e. The second-order valence-corrected chi connectivity index (χ2v) is 1.25. The van der Waals surface area contributed by atoms with Gasteiger partial charge in [0.2, 0.25) is 0 Å². The van der Waals surface area contributed by atoms with Gasteiger partial charge in [-0.05, 0) is 0 Å². The molecule has 0 N–H and O–H groups in total. The van der Waals surface area contributed by atoms with Gasteiger partial charge in [0.15, 0.2) is 0 Å². The fourth-order valence-corrected chi connectivity index (χ4v) is 0.142. The second kappa shape index (κ2) is 57.7. The molecule has 2 radical (unpaired) electrons. The summed E-state index contributed by atoms with van der Waals surface area (Å²) in [6.45, 7) is 27.0. The van der Waals surface area contributed by atoms with Crippen molar-refractivity contribution in [3.63, 3.8) is 0 Å². The first-order valence-corrected chi connectivity index (χ1v) is 3.11. The third-order valence-electron chi connectivity index (χ3n) is 0.346. The van der Waals surface area contributed by atoms with Gasteiger partial charge in [0.05, 0.1) is 0 Å². The first-order chi connectivity index (χ1) is 10.2. The first-order valence-electron chi connectivity index (χ1n) is 3.11. The molecule has 24 heavy (non-hydrogen) atoms. The van der Waals surface area contributed by atoms with Crippen LogP contribution < -0.4 is 0 Å². The van der Waals surface area contributed by atoms with Gasteiger partial charge in [-0.3, -0.25) is 0 Å². The monoisotopic (exact) mass is 448 g/mol. The van der Waals surface area contributed by atoms with Gasteiger partial charge in [0.25, 0.3) is 0 Å². The van der Waals surface area contributed by atoms with Crippen molar-refractivity contribution in [3.05, 3.63) is 39.9 Å². The summed E-state index contributed by atoms with van der Waals surface area (Å²) in [5.74, 6) is 0.174. The summed E-state index contributed by atoms with van der Waals surface area (Å²) in [5, 5.41) is 0. The van der Waals surface area contributed by atoms with E-state index in [9.17, 15) is 26.3 Å². The van der Waals surface area contributed by atoms with Crippen LogP contribution in [0, 0.1) is 51.7 Å². The van der Waals surface area contributed by atoms with Crippen molar-refractivity contribution in [2.45, 2.75) is 12.4 Å². The Bertz CT molecular complexity index is 330. The molecule has 0 fully saturated rings. The van der Waals surface area contributed by atoms with Gasteiger partial charge in [0.1, 0.15) is 0 Å². The van der Waals surface area contributed by atoms with Crippen molar-refractivity contribution in [3.8, 4) is 11.8 Å². The predicted octanol–water partition coefficient (Wildman–Crippen LogP) is 1.88. The molecule has 0 aromatic rings. The Balaban J connectivity index is -0.0000000196. The molecule has 14 heteroatoms. The molecule has 0 rings (SSSR count). The molecule has 6 nitrogen and oxygen atoms in total. The van der Waals surface area contributed by atoms with Crippen LogP contribution in [0.3, 0.4) is 0 Å². The van der Waals surface area contributed by atoms with Crippen LogP contribution in [0.1, 0.15) is 0 Å². The van der Waals surface area contributed by atoms with Gasteiger partial charge in [-0.1, -0.05) is 0 Å². The molecule has 0 aliphatic heterocycles. The number of halogens is 6. The van der Waals surface area contributed by atoms with Gasteiger partial charge in [-0.25, -0.2) is 0 Å². The van der Waals surface area contributed by atoms with Crippen LogP contribution in [0.25, 0.3) is 0 Å². The Labute approximate surface area is 152 Å². The van der Waals surface area contributed by atoms with E-state index < -0.39 is 12.4 Å². The maximum atomic E-state index is 10.9. The molecule has 0 unspecified atom stereocenters. The van der Waals surface area contributed by atoms with E-state index in [1.165, 1.54) is 0 Å². The quantitative estimate of drug-likeness (QED) is 0.233. The van der Waals surface area contributed by atoms with Crippen molar-refractivity contribution >= 4 is 0 Å². The number of hydrogen-bond acceptors (Lipinski definition) is 0. The van der Waals surface area contributed by atoms with Crippen LogP contribution in [-0.2, 0) is 61.5 Å². The average Bonchev–Trinajstić information content (AvgIpc) is 2.56. The van der Waals surface area contributed by atoms with Gasteiger partial charge >= 0.3 is 80.2 Å². The molecule has 0 heterocycles. The van der Waals surface area contributed by atoms with E-state index >= 15 is 0 Å². The van der Waals surface area contributed by atoms with Crippen LogP contribution in [0.15, 0.2) is 0 Å². The van der Waals surface area contributed by atoms with Crippen molar-refractivity contribution in [1.82, 2.24) is 0 Å². The maximum absolute atomic E-state index is 10.9. The summed E-state index contributed by atoms with van der Waals surface area (Å²) < 4.78 is 110. The molecule has 0 bridgehead atoms. The molecule has 0 aromatic carbocycles. The minimum absolute atomic E-state index is 0. The van der Waals surface area contributed by atoms with Gasteiger partial charge < -0.3 is 0 Å². The maximum Gasteiger partial charge on any atom is 0 e. The van der Waals surface area contributed by atoms with E-state index in [4.69, 9.17) is 27.9 Å². The largest absolute Gasteiger partial charge is 0 e. The Morgan fingerprint density at radius 1 is 0.417 bits per heavy atom. The third-order valence-corrected chi connectivity index (χ3v) is 0.346. The van der Waals surface area contributed by atoms with E-state index in [0.717, 1.165) is 0 Å². The summed E-state index contributed by atoms with van der Waals surface area (Å²) in [7, 11) is 0. The van der Waals surface area contributed by atoms with Crippen LogP contribution in [0.2, 0.25) is 0 Å². The molecule has 0 spiro atoms. The number of rotatable bonds is 0. The van der Waals surface area contributed by atoms with Crippen LogP contribution in [-0.4, -0.2) is 12.4 Å². The Hall–Kier alpha value is -1.41. The third kappa shape index (κ3) is 253. The van der Waals surface area contributed by atoms with Gasteiger partial charge in [0, 0.05) is 45.4 Å². The molecule has 0 aliphatic rings. The average molecular weight is 448 g/mol. The summed E-state index contributed by atoms with van der Waals surface area (Å²) in [6.07, 6.45) is -10.1. The van der Waals surface area contributed by atoms with Crippen LogP contribution in [0.4, 0.5) is 26.3 Å². The molecular weight excluding hydrogens is 448 g/mol. The van der Waals surface area contributed by atoms with E-state index in [1.807, 2.05) is 0 Å². The topological polar surface area (TPSA) is 119 Å². The molecule has 0 aromatic heterocycles. The van der Waals surface area contributed by atoms with Crippen molar-refractivity contribution < 1.29 is 87.8 Å². The molecule has 0 atom stereocenters. The normalized spacial score (nSPS) is 5.58.